The van der Waals surface area contributed by atoms with Gasteiger partial charge in [-0.25, -0.2) is 9.59 Å². The number of amides is 1. The molecule has 0 aliphatic carbocycles. The van der Waals surface area contributed by atoms with Crippen molar-refractivity contribution in [1.29, 1.82) is 0 Å². The van der Waals surface area contributed by atoms with Crippen LogP contribution in [0.2, 0.25) is 10.0 Å². The highest BCUT2D eigenvalue weighted by molar-refractivity contribution is 6.36. The fourth-order valence-electron chi connectivity index (χ4n) is 1.81. The summed E-state index contributed by atoms with van der Waals surface area (Å²) in [5, 5.41) is 11.4. The number of hydrogen-bond donors (Lipinski definition) is 2. The van der Waals surface area contributed by atoms with Crippen molar-refractivity contribution < 1.29 is 29.0 Å². The molecule has 0 saturated carbocycles. The molecule has 0 aromatic heterocycles. The Labute approximate surface area is 141 Å². The van der Waals surface area contributed by atoms with Gasteiger partial charge in [0.2, 0.25) is 11.9 Å². The molecule has 0 saturated heterocycles. The number of esters is 1. The third kappa shape index (κ3) is 4.20. The Hall–Kier alpha value is -2.12. The molecule has 0 bridgehead atoms. The van der Waals surface area contributed by atoms with E-state index < -0.39 is 29.7 Å². The Morgan fingerprint density at radius 1 is 1.35 bits per heavy atom. The molecule has 2 N–H and O–H groups in total. The second kappa shape index (κ2) is 7.94. The van der Waals surface area contributed by atoms with Crippen molar-refractivity contribution in [3.8, 4) is 0 Å². The van der Waals surface area contributed by atoms with Crippen LogP contribution in [-0.4, -0.2) is 41.4 Å². The van der Waals surface area contributed by atoms with Crippen LogP contribution in [0.15, 0.2) is 18.2 Å². The third-order valence-electron chi connectivity index (χ3n) is 2.95. The van der Waals surface area contributed by atoms with E-state index in [1.807, 2.05) is 5.32 Å². The highest BCUT2D eigenvalue weighted by atomic mass is 35.5. The average molecular weight is 362 g/mol. The normalized spacial score (nSPS) is 12.8. The van der Waals surface area contributed by atoms with Crippen LogP contribution in [0.5, 0.6) is 0 Å². The highest BCUT2D eigenvalue weighted by Crippen LogP contribution is 2.25. The van der Waals surface area contributed by atoms with E-state index in [9.17, 15) is 24.3 Å². The van der Waals surface area contributed by atoms with Crippen molar-refractivity contribution >= 4 is 47.3 Å². The number of hydrogen-bond acceptors (Lipinski definition) is 5. The summed E-state index contributed by atoms with van der Waals surface area (Å²) < 4.78 is 4.66. The molecule has 0 fully saturated rings. The number of carboxylic acid groups (broad SMARTS) is 1. The number of nitrogens with one attached hydrogen (secondary N) is 1. The first-order valence-corrected chi connectivity index (χ1v) is 7.14. The summed E-state index contributed by atoms with van der Waals surface area (Å²) in [6.07, 6.45) is -0.863. The Morgan fingerprint density at radius 2 is 2.00 bits per heavy atom. The molecule has 1 aromatic rings. The minimum atomic E-state index is -2.54. The first-order chi connectivity index (χ1) is 10.8. The van der Waals surface area contributed by atoms with Crippen LogP contribution < -0.4 is 5.32 Å². The zero-order chi connectivity index (χ0) is 17.6. The van der Waals surface area contributed by atoms with Gasteiger partial charge in [-0.15, -0.1) is 0 Å². The van der Waals surface area contributed by atoms with Gasteiger partial charge in [0, 0.05) is 10.6 Å². The van der Waals surface area contributed by atoms with Gasteiger partial charge in [-0.05, 0) is 25.1 Å². The van der Waals surface area contributed by atoms with E-state index in [0.29, 0.717) is 0 Å². The smallest absolute Gasteiger partial charge is 0.344 e. The van der Waals surface area contributed by atoms with Crippen molar-refractivity contribution in [3.63, 3.8) is 0 Å². The van der Waals surface area contributed by atoms with Crippen LogP contribution in [0.3, 0.4) is 0 Å². The fraction of sp³-hybridized carbons (Fsp3) is 0.286. The summed E-state index contributed by atoms with van der Waals surface area (Å²) in [7, 11) is 0. The van der Waals surface area contributed by atoms with Gasteiger partial charge in [0.1, 0.15) is 0 Å². The molecular formula is C14H13Cl2NO6. The number of aliphatic carboxylic acids is 1. The van der Waals surface area contributed by atoms with Gasteiger partial charge in [0.05, 0.1) is 18.1 Å². The van der Waals surface area contributed by atoms with Gasteiger partial charge in [0.15, 0.2) is 5.78 Å². The summed E-state index contributed by atoms with van der Waals surface area (Å²) in [5.41, 5.74) is -2.61. The molecule has 1 unspecified atom stereocenters. The van der Waals surface area contributed by atoms with Gasteiger partial charge in [-0.3, -0.25) is 9.59 Å². The molecule has 1 rings (SSSR count). The molecule has 0 heterocycles. The highest BCUT2D eigenvalue weighted by Gasteiger charge is 2.49. The number of benzene rings is 1. The van der Waals surface area contributed by atoms with Crippen LogP contribution in [-0.2, 0) is 19.1 Å². The van der Waals surface area contributed by atoms with E-state index in [2.05, 4.69) is 4.74 Å². The van der Waals surface area contributed by atoms with Crippen molar-refractivity contribution in [2.75, 3.05) is 6.61 Å². The maximum atomic E-state index is 12.4. The monoisotopic (exact) mass is 361 g/mol. The minimum absolute atomic E-state index is 0.0118. The topological polar surface area (TPSA) is 110 Å². The van der Waals surface area contributed by atoms with E-state index in [4.69, 9.17) is 23.2 Å². The largest absolute Gasteiger partial charge is 0.479 e. The number of carbonyl (C=O) groups excluding carboxylic acids is 3. The van der Waals surface area contributed by atoms with E-state index in [1.54, 1.807) is 0 Å². The zero-order valence-corrected chi connectivity index (χ0v) is 13.5. The Bertz CT molecular complexity index is 648. The first-order valence-electron chi connectivity index (χ1n) is 6.38. The van der Waals surface area contributed by atoms with E-state index in [1.165, 1.54) is 25.1 Å². The first kappa shape index (κ1) is 18.9. The van der Waals surface area contributed by atoms with Crippen molar-refractivity contribution in [2.24, 2.45) is 0 Å². The average Bonchev–Trinajstić information content (AvgIpc) is 2.48. The summed E-state index contributed by atoms with van der Waals surface area (Å²) >= 11 is 11.7. The van der Waals surface area contributed by atoms with Crippen LogP contribution in [0.1, 0.15) is 23.7 Å². The second-order valence-electron chi connectivity index (χ2n) is 4.42. The minimum Gasteiger partial charge on any atom is -0.479 e. The third-order valence-corrected chi connectivity index (χ3v) is 3.51. The summed E-state index contributed by atoms with van der Waals surface area (Å²) in [5.74, 6) is -3.78. The lowest BCUT2D eigenvalue weighted by Crippen LogP contribution is -2.59. The van der Waals surface area contributed by atoms with E-state index in [-0.39, 0.29) is 28.6 Å². The summed E-state index contributed by atoms with van der Waals surface area (Å²) in [6.45, 7) is 1.33. The number of ether oxygens (including phenoxy) is 1. The number of halogens is 2. The van der Waals surface area contributed by atoms with Gasteiger partial charge in [0.25, 0.3) is 0 Å². The molecule has 0 aliphatic heterocycles. The van der Waals surface area contributed by atoms with E-state index >= 15 is 0 Å². The number of carbonyl (C=O) groups is 4. The van der Waals surface area contributed by atoms with Crippen molar-refractivity contribution in [3.05, 3.63) is 33.8 Å². The molecular weight excluding hydrogens is 349 g/mol. The maximum absolute atomic E-state index is 12.4. The SMILES string of the molecule is CCOC(=O)C(CC(=O)c1cc(Cl)ccc1Cl)(NC=O)C(=O)O. The fourth-order valence-corrected chi connectivity index (χ4v) is 2.20. The van der Waals surface area contributed by atoms with Gasteiger partial charge in [-0.2, -0.15) is 0 Å². The van der Waals surface area contributed by atoms with Crippen LogP contribution in [0.25, 0.3) is 0 Å². The predicted octanol–water partition coefficient (Wildman–Crippen LogP) is 1.70. The van der Waals surface area contributed by atoms with Gasteiger partial charge in [-0.1, -0.05) is 23.2 Å². The molecule has 9 heteroatoms. The second-order valence-corrected chi connectivity index (χ2v) is 5.26. The summed E-state index contributed by atoms with van der Waals surface area (Å²) in [6, 6.07) is 4.04. The van der Waals surface area contributed by atoms with Crippen LogP contribution in [0.4, 0.5) is 0 Å². The molecule has 1 aromatic carbocycles. The molecule has 0 aliphatic rings. The number of Topliss-reactive ketones (excluding diaryl/α,β-unsaturated/α-hetero) is 1. The molecule has 7 nitrogen and oxygen atoms in total. The van der Waals surface area contributed by atoms with Gasteiger partial charge < -0.3 is 15.2 Å². The standard InChI is InChI=1S/C14H13Cl2NO6/c1-2-23-13(22)14(12(20)21,17-7-18)6-11(19)9-5-8(15)3-4-10(9)16/h3-5,7H,2,6H2,1H3,(H,17,18)(H,20,21). The lowest BCUT2D eigenvalue weighted by molar-refractivity contribution is -0.163. The van der Waals surface area contributed by atoms with Crippen molar-refractivity contribution in [2.45, 2.75) is 18.9 Å². The molecule has 0 radical (unpaired) electrons. The molecule has 0 spiro atoms. The Morgan fingerprint density at radius 3 is 2.52 bits per heavy atom. The number of rotatable bonds is 8. The lowest BCUT2D eigenvalue weighted by Gasteiger charge is -2.25. The van der Waals surface area contributed by atoms with Gasteiger partial charge >= 0.3 is 11.9 Å². The van der Waals surface area contributed by atoms with Crippen molar-refractivity contribution in [1.82, 2.24) is 5.32 Å². The lowest BCUT2D eigenvalue weighted by atomic mass is 9.90. The molecule has 23 heavy (non-hydrogen) atoms. The van der Waals surface area contributed by atoms with Crippen LogP contribution >= 0.6 is 23.2 Å². The van der Waals surface area contributed by atoms with E-state index in [0.717, 1.165) is 0 Å². The molecule has 1 atom stereocenters. The maximum Gasteiger partial charge on any atom is 0.344 e. The quantitative estimate of drug-likeness (QED) is 0.315. The predicted molar refractivity (Wildman–Crippen MR) is 81.6 cm³/mol. The molecule has 1 amide bonds. The number of ketones is 1. The molecule has 124 valence electrons. The summed E-state index contributed by atoms with van der Waals surface area (Å²) in [4.78, 5) is 46.6. The Balaban J connectivity index is 3.25. The zero-order valence-electron chi connectivity index (χ0n) is 12.0. The van der Waals surface area contributed by atoms with Crippen LogP contribution in [0, 0.1) is 0 Å². The number of carboxylic acids is 1. The Kier molecular flexibility index (Phi) is 6.53.